The van der Waals surface area contributed by atoms with Crippen molar-refractivity contribution in [2.24, 2.45) is 0 Å². The van der Waals surface area contributed by atoms with Crippen LogP contribution in [0.2, 0.25) is 0 Å². The van der Waals surface area contributed by atoms with Crippen molar-refractivity contribution in [2.75, 3.05) is 0 Å². The van der Waals surface area contributed by atoms with E-state index in [2.05, 4.69) is 47.2 Å². The van der Waals surface area contributed by atoms with Crippen molar-refractivity contribution in [3.05, 3.63) is 63.9 Å². The first-order chi connectivity index (χ1) is 10.1. The standard InChI is InChI=1S/C17H19BrFNO/c1-12(2)20-10-13-7-8-14(15(18)9-13)11-21-17-6-4-3-5-16(17)19/h3-9,12,20H,10-11H2,1-2H3. The number of halogens is 2. The molecule has 0 fully saturated rings. The molecule has 0 aromatic heterocycles. The summed E-state index contributed by atoms with van der Waals surface area (Å²) in [5, 5.41) is 3.37. The first-order valence-electron chi connectivity index (χ1n) is 6.94. The Balaban J connectivity index is 1.99. The molecule has 2 aromatic rings. The Morgan fingerprint density at radius 3 is 2.62 bits per heavy atom. The highest BCUT2D eigenvalue weighted by Gasteiger charge is 2.06. The molecular formula is C17H19BrFNO. The number of benzene rings is 2. The van der Waals surface area contributed by atoms with Crippen LogP contribution in [0.5, 0.6) is 5.75 Å². The molecule has 0 amide bonds. The molecule has 0 spiro atoms. The molecule has 112 valence electrons. The summed E-state index contributed by atoms with van der Waals surface area (Å²) < 4.78 is 20.0. The van der Waals surface area contributed by atoms with Crippen molar-refractivity contribution in [3.63, 3.8) is 0 Å². The monoisotopic (exact) mass is 351 g/mol. The van der Waals surface area contributed by atoms with Crippen LogP contribution in [0.4, 0.5) is 4.39 Å². The summed E-state index contributed by atoms with van der Waals surface area (Å²) in [6.45, 7) is 5.39. The van der Waals surface area contributed by atoms with Crippen LogP contribution in [0.3, 0.4) is 0 Å². The van der Waals surface area contributed by atoms with Crippen LogP contribution in [0.1, 0.15) is 25.0 Å². The third-order valence-electron chi connectivity index (χ3n) is 3.05. The highest BCUT2D eigenvalue weighted by Crippen LogP contribution is 2.22. The molecule has 0 aliphatic rings. The minimum Gasteiger partial charge on any atom is -0.486 e. The molecule has 0 unspecified atom stereocenters. The molecule has 0 heterocycles. The molecule has 0 bridgehead atoms. The molecule has 2 nitrogen and oxygen atoms in total. The summed E-state index contributed by atoms with van der Waals surface area (Å²) in [6.07, 6.45) is 0. The summed E-state index contributed by atoms with van der Waals surface area (Å²) in [4.78, 5) is 0. The van der Waals surface area contributed by atoms with Crippen molar-refractivity contribution >= 4 is 15.9 Å². The van der Waals surface area contributed by atoms with E-state index >= 15 is 0 Å². The first-order valence-corrected chi connectivity index (χ1v) is 7.73. The second kappa shape index (κ2) is 7.57. The van der Waals surface area contributed by atoms with E-state index in [1.165, 1.54) is 11.6 Å². The van der Waals surface area contributed by atoms with Gasteiger partial charge in [-0.05, 0) is 23.8 Å². The average Bonchev–Trinajstić information content (AvgIpc) is 2.45. The lowest BCUT2D eigenvalue weighted by Gasteiger charge is -2.12. The molecule has 2 aromatic carbocycles. The largest absolute Gasteiger partial charge is 0.486 e. The zero-order valence-electron chi connectivity index (χ0n) is 12.2. The molecule has 1 N–H and O–H groups in total. The van der Waals surface area contributed by atoms with Crippen LogP contribution < -0.4 is 10.1 Å². The van der Waals surface area contributed by atoms with E-state index in [4.69, 9.17) is 4.74 Å². The highest BCUT2D eigenvalue weighted by atomic mass is 79.9. The highest BCUT2D eigenvalue weighted by molar-refractivity contribution is 9.10. The molecule has 0 aliphatic heterocycles. The third kappa shape index (κ3) is 4.83. The summed E-state index contributed by atoms with van der Waals surface area (Å²) in [6, 6.07) is 13.0. The number of hydrogen-bond acceptors (Lipinski definition) is 2. The fourth-order valence-corrected chi connectivity index (χ4v) is 2.40. The maximum absolute atomic E-state index is 13.5. The van der Waals surface area contributed by atoms with Gasteiger partial charge in [-0.25, -0.2) is 4.39 Å². The zero-order valence-corrected chi connectivity index (χ0v) is 13.8. The van der Waals surface area contributed by atoms with Crippen molar-refractivity contribution < 1.29 is 9.13 Å². The lowest BCUT2D eigenvalue weighted by atomic mass is 10.1. The van der Waals surface area contributed by atoms with Gasteiger partial charge in [0, 0.05) is 22.6 Å². The third-order valence-corrected chi connectivity index (χ3v) is 3.79. The number of para-hydroxylation sites is 1. The second-order valence-electron chi connectivity index (χ2n) is 5.18. The van der Waals surface area contributed by atoms with Gasteiger partial charge in [-0.2, -0.15) is 0 Å². The topological polar surface area (TPSA) is 21.3 Å². The summed E-state index contributed by atoms with van der Waals surface area (Å²) in [5.74, 6) is -0.0682. The van der Waals surface area contributed by atoms with Gasteiger partial charge in [-0.3, -0.25) is 0 Å². The van der Waals surface area contributed by atoms with Gasteiger partial charge in [-0.15, -0.1) is 0 Å². The van der Waals surface area contributed by atoms with Gasteiger partial charge in [-0.1, -0.05) is 54.0 Å². The Kier molecular flexibility index (Phi) is 5.76. The second-order valence-corrected chi connectivity index (χ2v) is 6.03. The van der Waals surface area contributed by atoms with E-state index in [9.17, 15) is 4.39 Å². The maximum Gasteiger partial charge on any atom is 0.165 e. The van der Waals surface area contributed by atoms with E-state index in [1.54, 1.807) is 18.2 Å². The molecule has 21 heavy (non-hydrogen) atoms. The molecule has 2 rings (SSSR count). The van der Waals surface area contributed by atoms with Crippen LogP contribution in [-0.4, -0.2) is 6.04 Å². The molecule has 0 saturated heterocycles. The van der Waals surface area contributed by atoms with Crippen molar-refractivity contribution in [1.29, 1.82) is 0 Å². The lowest BCUT2D eigenvalue weighted by Crippen LogP contribution is -2.21. The number of ether oxygens (including phenoxy) is 1. The smallest absolute Gasteiger partial charge is 0.165 e. The molecule has 4 heteroatoms. The normalized spacial score (nSPS) is 10.9. The van der Waals surface area contributed by atoms with Crippen molar-refractivity contribution in [3.8, 4) is 5.75 Å². The van der Waals surface area contributed by atoms with Crippen molar-refractivity contribution in [1.82, 2.24) is 5.32 Å². The van der Waals surface area contributed by atoms with E-state index in [1.807, 2.05) is 6.07 Å². The minimum absolute atomic E-state index is 0.273. The quantitative estimate of drug-likeness (QED) is 0.816. The summed E-state index contributed by atoms with van der Waals surface area (Å²) in [7, 11) is 0. The van der Waals surface area contributed by atoms with E-state index in [0.717, 1.165) is 16.6 Å². The van der Waals surface area contributed by atoms with Gasteiger partial charge >= 0.3 is 0 Å². The summed E-state index contributed by atoms with van der Waals surface area (Å²) >= 11 is 3.54. The Labute approximate surface area is 133 Å². The van der Waals surface area contributed by atoms with Crippen LogP contribution >= 0.6 is 15.9 Å². The Morgan fingerprint density at radius 2 is 1.95 bits per heavy atom. The van der Waals surface area contributed by atoms with Crippen LogP contribution in [-0.2, 0) is 13.2 Å². The van der Waals surface area contributed by atoms with Gasteiger partial charge in [0.15, 0.2) is 11.6 Å². The van der Waals surface area contributed by atoms with Gasteiger partial charge < -0.3 is 10.1 Å². The maximum atomic E-state index is 13.5. The molecule has 0 radical (unpaired) electrons. The van der Waals surface area contributed by atoms with Crippen LogP contribution in [0, 0.1) is 5.82 Å². The predicted molar refractivity (Wildman–Crippen MR) is 86.8 cm³/mol. The van der Waals surface area contributed by atoms with Crippen molar-refractivity contribution in [2.45, 2.75) is 33.0 Å². The van der Waals surface area contributed by atoms with E-state index < -0.39 is 0 Å². The SMILES string of the molecule is CC(C)NCc1ccc(COc2ccccc2F)c(Br)c1. The lowest BCUT2D eigenvalue weighted by molar-refractivity contribution is 0.289. The fourth-order valence-electron chi connectivity index (χ4n) is 1.86. The fraction of sp³-hybridized carbons (Fsp3) is 0.294. The minimum atomic E-state index is -0.341. The number of nitrogens with one attached hydrogen (secondary N) is 1. The first kappa shape index (κ1) is 16.0. The molecule has 0 aliphatic carbocycles. The van der Waals surface area contributed by atoms with E-state index in [-0.39, 0.29) is 11.6 Å². The Hall–Kier alpha value is -1.39. The van der Waals surface area contributed by atoms with Gasteiger partial charge in [0.25, 0.3) is 0 Å². The molecule has 0 saturated carbocycles. The van der Waals surface area contributed by atoms with Gasteiger partial charge in [0.05, 0.1) is 0 Å². The average molecular weight is 352 g/mol. The number of rotatable bonds is 6. The van der Waals surface area contributed by atoms with Crippen LogP contribution in [0.15, 0.2) is 46.9 Å². The van der Waals surface area contributed by atoms with Crippen LogP contribution in [0.25, 0.3) is 0 Å². The van der Waals surface area contributed by atoms with E-state index in [0.29, 0.717) is 12.6 Å². The molecular weight excluding hydrogens is 333 g/mol. The predicted octanol–water partition coefficient (Wildman–Crippen LogP) is 4.67. The molecule has 0 atom stereocenters. The Morgan fingerprint density at radius 1 is 1.19 bits per heavy atom. The zero-order chi connectivity index (χ0) is 15.2. The number of hydrogen-bond donors (Lipinski definition) is 1. The van der Waals surface area contributed by atoms with Gasteiger partial charge in [0.2, 0.25) is 0 Å². The Bertz CT molecular complexity index is 601. The summed E-state index contributed by atoms with van der Waals surface area (Å²) in [5.41, 5.74) is 2.19. The van der Waals surface area contributed by atoms with Gasteiger partial charge in [0.1, 0.15) is 6.61 Å².